The van der Waals surface area contributed by atoms with Crippen molar-refractivity contribution < 1.29 is 0 Å². The average molecular weight is 346 g/mol. The van der Waals surface area contributed by atoms with E-state index in [4.69, 9.17) is 11.6 Å². The molecule has 1 heterocycles. The largest absolute Gasteiger partial charge is 0.307 e. The first kappa shape index (κ1) is 14.0. The van der Waals surface area contributed by atoms with Crippen LogP contribution in [0.4, 0.5) is 0 Å². The van der Waals surface area contributed by atoms with Crippen LogP contribution < -0.4 is 5.32 Å². The zero-order valence-corrected chi connectivity index (χ0v) is 13.6. The van der Waals surface area contributed by atoms with Gasteiger partial charge in [-0.3, -0.25) is 0 Å². The van der Waals surface area contributed by atoms with Gasteiger partial charge in [0, 0.05) is 9.35 Å². The first-order valence-corrected chi connectivity index (χ1v) is 7.57. The first-order valence-electron chi connectivity index (χ1n) is 5.59. The summed E-state index contributed by atoms with van der Waals surface area (Å²) in [6.07, 6.45) is 0. The predicted octanol–water partition coefficient (Wildman–Crippen LogP) is 4.48. The maximum Gasteiger partial charge on any atom is 0.115 e. The normalized spacial score (nSPS) is 12.7. The minimum Gasteiger partial charge on any atom is -0.307 e. The van der Waals surface area contributed by atoms with Gasteiger partial charge in [-0.1, -0.05) is 17.7 Å². The van der Waals surface area contributed by atoms with Gasteiger partial charge in [0.1, 0.15) is 5.01 Å². The summed E-state index contributed by atoms with van der Waals surface area (Å²) in [7, 11) is 1.94. The zero-order valence-electron chi connectivity index (χ0n) is 10.4. The molecular weight excluding hydrogens is 332 g/mol. The summed E-state index contributed by atoms with van der Waals surface area (Å²) in [6.45, 7) is 4.13. The second-order valence-electron chi connectivity index (χ2n) is 4.09. The van der Waals surface area contributed by atoms with Crippen LogP contribution in [0.15, 0.2) is 22.7 Å². The third-order valence-corrected chi connectivity index (χ3v) is 5.23. The van der Waals surface area contributed by atoms with Crippen molar-refractivity contribution in [3.8, 4) is 0 Å². The van der Waals surface area contributed by atoms with Crippen molar-refractivity contribution in [1.29, 1.82) is 0 Å². The van der Waals surface area contributed by atoms with E-state index in [0.29, 0.717) is 0 Å². The smallest absolute Gasteiger partial charge is 0.115 e. The number of rotatable bonds is 3. The summed E-state index contributed by atoms with van der Waals surface area (Å²) in [5.41, 5.74) is 2.22. The molecule has 0 spiro atoms. The third-order valence-electron chi connectivity index (χ3n) is 2.86. The van der Waals surface area contributed by atoms with Crippen LogP contribution in [0.3, 0.4) is 0 Å². The van der Waals surface area contributed by atoms with Crippen LogP contribution in [0.1, 0.15) is 27.2 Å². The van der Waals surface area contributed by atoms with Gasteiger partial charge in [-0.25, -0.2) is 4.98 Å². The van der Waals surface area contributed by atoms with Gasteiger partial charge in [0.2, 0.25) is 0 Å². The number of benzene rings is 1. The highest BCUT2D eigenvalue weighted by Crippen LogP contribution is 2.31. The Labute approximate surface area is 125 Å². The predicted molar refractivity (Wildman–Crippen MR) is 81.6 cm³/mol. The summed E-state index contributed by atoms with van der Waals surface area (Å²) in [6, 6.07) is 6.09. The third kappa shape index (κ3) is 2.77. The Morgan fingerprint density at radius 3 is 2.61 bits per heavy atom. The van der Waals surface area contributed by atoms with Crippen molar-refractivity contribution in [2.24, 2.45) is 0 Å². The molecule has 0 fully saturated rings. The van der Waals surface area contributed by atoms with Gasteiger partial charge in [-0.05, 0) is 54.5 Å². The molecule has 5 heteroatoms. The van der Waals surface area contributed by atoms with E-state index in [9.17, 15) is 0 Å². The minimum atomic E-state index is 0.0907. The lowest BCUT2D eigenvalue weighted by Gasteiger charge is -2.14. The molecule has 0 aliphatic carbocycles. The topological polar surface area (TPSA) is 24.9 Å². The van der Waals surface area contributed by atoms with Crippen LogP contribution in [0, 0.1) is 13.8 Å². The Balaban J connectivity index is 2.41. The van der Waals surface area contributed by atoms with E-state index in [1.54, 1.807) is 11.3 Å². The number of hydrogen-bond donors (Lipinski definition) is 1. The number of nitrogens with one attached hydrogen (secondary N) is 1. The molecule has 0 bridgehead atoms. The monoisotopic (exact) mass is 344 g/mol. The number of hydrogen-bond acceptors (Lipinski definition) is 3. The molecule has 0 aliphatic rings. The van der Waals surface area contributed by atoms with Gasteiger partial charge in [-0.2, -0.15) is 0 Å². The highest BCUT2D eigenvalue weighted by molar-refractivity contribution is 9.10. The van der Waals surface area contributed by atoms with E-state index in [1.165, 1.54) is 4.88 Å². The Bertz CT molecular complexity index is 549. The number of nitrogens with zero attached hydrogens (tertiary/aromatic N) is 1. The van der Waals surface area contributed by atoms with Crippen LogP contribution in [0.2, 0.25) is 5.02 Å². The molecule has 2 nitrogen and oxygen atoms in total. The van der Waals surface area contributed by atoms with Gasteiger partial charge in [0.05, 0.1) is 16.8 Å². The molecule has 2 aromatic rings. The van der Waals surface area contributed by atoms with Crippen molar-refractivity contribution in [2.45, 2.75) is 19.9 Å². The summed E-state index contributed by atoms with van der Waals surface area (Å²) in [4.78, 5) is 5.87. The maximum atomic E-state index is 6.15. The Morgan fingerprint density at radius 2 is 2.11 bits per heavy atom. The molecule has 0 saturated heterocycles. The van der Waals surface area contributed by atoms with E-state index in [1.807, 2.05) is 26.1 Å². The van der Waals surface area contributed by atoms with Gasteiger partial charge in [-0.15, -0.1) is 11.3 Å². The molecule has 2 rings (SSSR count). The van der Waals surface area contributed by atoms with Crippen LogP contribution in [-0.2, 0) is 0 Å². The molecule has 1 aromatic carbocycles. The van der Waals surface area contributed by atoms with E-state index in [0.717, 1.165) is 25.8 Å². The zero-order chi connectivity index (χ0) is 13.3. The van der Waals surface area contributed by atoms with Crippen molar-refractivity contribution in [3.05, 3.63) is 48.8 Å². The molecule has 1 atom stereocenters. The molecule has 1 aromatic heterocycles. The van der Waals surface area contributed by atoms with E-state index in [-0.39, 0.29) is 6.04 Å². The van der Waals surface area contributed by atoms with Gasteiger partial charge < -0.3 is 5.32 Å². The molecule has 0 radical (unpaired) electrons. The molecule has 0 amide bonds. The Kier molecular flexibility index (Phi) is 4.43. The molecule has 1 N–H and O–H groups in total. The van der Waals surface area contributed by atoms with E-state index < -0.39 is 0 Å². The lowest BCUT2D eigenvalue weighted by molar-refractivity contribution is 0.685. The number of aryl methyl sites for hydroxylation is 2. The SMILES string of the molecule is CNC(c1ccc(Br)c(Cl)c1)c1nc(C)c(C)s1. The molecule has 0 saturated carbocycles. The van der Waals surface area contributed by atoms with Crippen LogP contribution in [-0.4, -0.2) is 12.0 Å². The number of aromatic nitrogens is 1. The molecule has 18 heavy (non-hydrogen) atoms. The second kappa shape index (κ2) is 5.70. The fourth-order valence-electron chi connectivity index (χ4n) is 1.75. The first-order chi connectivity index (χ1) is 8.52. The van der Waals surface area contributed by atoms with Crippen molar-refractivity contribution in [1.82, 2.24) is 10.3 Å². The van der Waals surface area contributed by atoms with Crippen LogP contribution >= 0.6 is 38.9 Å². The minimum absolute atomic E-state index is 0.0907. The Morgan fingerprint density at radius 1 is 1.39 bits per heavy atom. The van der Waals surface area contributed by atoms with Gasteiger partial charge >= 0.3 is 0 Å². The van der Waals surface area contributed by atoms with Crippen molar-refractivity contribution in [3.63, 3.8) is 0 Å². The molecule has 1 unspecified atom stereocenters. The number of halogens is 2. The van der Waals surface area contributed by atoms with E-state index >= 15 is 0 Å². The van der Waals surface area contributed by atoms with Gasteiger partial charge in [0.15, 0.2) is 0 Å². The average Bonchev–Trinajstić information content (AvgIpc) is 2.65. The highest BCUT2D eigenvalue weighted by Gasteiger charge is 2.17. The standard InChI is InChI=1S/C13H14BrClN2S/c1-7-8(2)18-13(17-7)12(16-3)9-4-5-10(14)11(15)6-9/h4-6,12,16H,1-3H3. The lowest BCUT2D eigenvalue weighted by atomic mass is 10.1. The molecular formula is C13H14BrClN2S. The van der Waals surface area contributed by atoms with Crippen molar-refractivity contribution in [2.75, 3.05) is 7.05 Å². The maximum absolute atomic E-state index is 6.15. The quantitative estimate of drug-likeness (QED) is 0.887. The fraction of sp³-hybridized carbons (Fsp3) is 0.308. The van der Waals surface area contributed by atoms with Crippen LogP contribution in [0.5, 0.6) is 0 Å². The van der Waals surface area contributed by atoms with Crippen LogP contribution in [0.25, 0.3) is 0 Å². The Hall–Kier alpha value is -0.420. The van der Waals surface area contributed by atoms with E-state index in [2.05, 4.69) is 39.2 Å². The van der Waals surface area contributed by atoms with Crippen molar-refractivity contribution >= 4 is 38.9 Å². The summed E-state index contributed by atoms with van der Waals surface area (Å²) < 4.78 is 0.911. The molecule has 0 aliphatic heterocycles. The fourth-order valence-corrected chi connectivity index (χ4v) is 3.24. The second-order valence-corrected chi connectivity index (χ2v) is 6.59. The van der Waals surface area contributed by atoms with Gasteiger partial charge in [0.25, 0.3) is 0 Å². The summed E-state index contributed by atoms with van der Waals surface area (Å²) >= 11 is 11.3. The highest BCUT2D eigenvalue weighted by atomic mass is 79.9. The molecule has 96 valence electrons. The summed E-state index contributed by atoms with van der Waals surface area (Å²) in [5.74, 6) is 0. The lowest BCUT2D eigenvalue weighted by Crippen LogP contribution is -2.17. The number of thiazole rings is 1. The summed E-state index contributed by atoms with van der Waals surface area (Å²) in [5, 5.41) is 5.09.